The average molecular weight is 285 g/mol. The summed E-state index contributed by atoms with van der Waals surface area (Å²) in [6.07, 6.45) is -0.202. The normalized spacial score (nSPS) is 20.9. The Balaban J connectivity index is 2.08. The van der Waals surface area contributed by atoms with Crippen molar-refractivity contribution in [2.45, 2.75) is 25.5 Å². The number of alkyl halides is 1. The maximum absolute atomic E-state index is 5.74. The largest absolute Gasteiger partial charge is 0.348 e. The van der Waals surface area contributed by atoms with Gasteiger partial charge in [-0.2, -0.15) is 0 Å². The van der Waals surface area contributed by atoms with E-state index in [0.717, 1.165) is 24.1 Å². The first kappa shape index (κ1) is 12.1. The molecule has 0 amide bonds. The SMILES string of the molecule is CC1(C)COC(c2cccc(CBr)c2)OC1. The number of ether oxygens (including phenoxy) is 2. The summed E-state index contributed by atoms with van der Waals surface area (Å²) >= 11 is 3.45. The third-order valence-corrected chi connectivity index (χ3v) is 3.28. The monoisotopic (exact) mass is 284 g/mol. The van der Waals surface area contributed by atoms with Crippen LogP contribution in [0.15, 0.2) is 24.3 Å². The molecule has 0 saturated carbocycles. The fourth-order valence-corrected chi connectivity index (χ4v) is 2.06. The number of halogens is 1. The van der Waals surface area contributed by atoms with Gasteiger partial charge in [0.2, 0.25) is 0 Å². The zero-order valence-corrected chi connectivity index (χ0v) is 11.3. The summed E-state index contributed by atoms with van der Waals surface area (Å²) in [6.45, 7) is 5.79. The molecule has 0 bridgehead atoms. The summed E-state index contributed by atoms with van der Waals surface area (Å²) in [5.74, 6) is 0. The minimum atomic E-state index is -0.202. The molecule has 1 fully saturated rings. The highest BCUT2D eigenvalue weighted by Gasteiger charge is 2.29. The van der Waals surface area contributed by atoms with Gasteiger partial charge in [0.25, 0.3) is 0 Å². The highest BCUT2D eigenvalue weighted by molar-refractivity contribution is 9.08. The quantitative estimate of drug-likeness (QED) is 0.772. The predicted octanol–water partition coefficient (Wildman–Crippen LogP) is 3.65. The van der Waals surface area contributed by atoms with E-state index in [-0.39, 0.29) is 11.7 Å². The summed E-state index contributed by atoms with van der Waals surface area (Å²) < 4.78 is 11.5. The minimum Gasteiger partial charge on any atom is -0.348 e. The highest BCUT2D eigenvalue weighted by atomic mass is 79.9. The van der Waals surface area contributed by atoms with Gasteiger partial charge in [-0.15, -0.1) is 0 Å². The van der Waals surface area contributed by atoms with Gasteiger partial charge in [-0.1, -0.05) is 48.0 Å². The van der Waals surface area contributed by atoms with Crippen LogP contribution in [0.3, 0.4) is 0 Å². The van der Waals surface area contributed by atoms with Gasteiger partial charge < -0.3 is 9.47 Å². The van der Waals surface area contributed by atoms with E-state index < -0.39 is 0 Å². The lowest BCUT2D eigenvalue weighted by atomic mass is 9.95. The molecule has 16 heavy (non-hydrogen) atoms. The van der Waals surface area contributed by atoms with Crippen molar-refractivity contribution in [3.8, 4) is 0 Å². The molecule has 1 aliphatic rings. The Morgan fingerprint density at radius 3 is 2.62 bits per heavy atom. The Morgan fingerprint density at radius 2 is 2.00 bits per heavy atom. The first-order chi connectivity index (χ1) is 7.61. The van der Waals surface area contributed by atoms with E-state index in [1.54, 1.807) is 0 Å². The van der Waals surface area contributed by atoms with Crippen molar-refractivity contribution in [2.75, 3.05) is 13.2 Å². The first-order valence-corrected chi connectivity index (χ1v) is 6.61. The molecule has 1 aromatic rings. The van der Waals surface area contributed by atoms with E-state index in [0.29, 0.717) is 0 Å². The first-order valence-electron chi connectivity index (χ1n) is 5.49. The molecule has 0 aliphatic carbocycles. The molecule has 0 aromatic heterocycles. The minimum absolute atomic E-state index is 0.129. The van der Waals surface area contributed by atoms with Crippen molar-refractivity contribution >= 4 is 15.9 Å². The second-order valence-corrected chi connectivity index (χ2v) is 5.56. The zero-order valence-electron chi connectivity index (χ0n) is 9.70. The summed E-state index contributed by atoms with van der Waals surface area (Å²) in [6, 6.07) is 8.30. The molecule has 0 atom stereocenters. The van der Waals surface area contributed by atoms with Gasteiger partial charge >= 0.3 is 0 Å². The van der Waals surface area contributed by atoms with E-state index in [4.69, 9.17) is 9.47 Å². The van der Waals surface area contributed by atoms with E-state index >= 15 is 0 Å². The van der Waals surface area contributed by atoms with Crippen molar-refractivity contribution in [3.63, 3.8) is 0 Å². The second kappa shape index (κ2) is 4.86. The molecule has 1 aromatic carbocycles. The van der Waals surface area contributed by atoms with Crippen LogP contribution in [0.1, 0.15) is 31.3 Å². The maximum Gasteiger partial charge on any atom is 0.183 e. The van der Waals surface area contributed by atoms with Gasteiger partial charge in [-0.05, 0) is 11.6 Å². The lowest BCUT2D eigenvalue weighted by Crippen LogP contribution is -2.33. The molecule has 2 rings (SSSR count). The van der Waals surface area contributed by atoms with Gasteiger partial charge in [0.15, 0.2) is 6.29 Å². The van der Waals surface area contributed by atoms with Gasteiger partial charge in [0.05, 0.1) is 13.2 Å². The lowest BCUT2D eigenvalue weighted by Gasteiger charge is -2.34. The topological polar surface area (TPSA) is 18.5 Å². The maximum atomic E-state index is 5.74. The average Bonchev–Trinajstić information content (AvgIpc) is 2.29. The summed E-state index contributed by atoms with van der Waals surface area (Å²) in [5.41, 5.74) is 2.48. The molecule has 1 saturated heterocycles. The molecule has 0 unspecified atom stereocenters. The van der Waals surface area contributed by atoms with Crippen molar-refractivity contribution in [1.29, 1.82) is 0 Å². The molecule has 1 aliphatic heterocycles. The molecule has 88 valence electrons. The van der Waals surface area contributed by atoms with Crippen molar-refractivity contribution < 1.29 is 9.47 Å². The highest BCUT2D eigenvalue weighted by Crippen LogP contribution is 2.31. The van der Waals surface area contributed by atoms with Crippen LogP contribution < -0.4 is 0 Å². The number of benzene rings is 1. The Bertz CT molecular complexity index is 353. The van der Waals surface area contributed by atoms with Crippen LogP contribution in [0.4, 0.5) is 0 Å². The van der Waals surface area contributed by atoms with Crippen molar-refractivity contribution in [2.24, 2.45) is 5.41 Å². The number of rotatable bonds is 2. The Labute approximate surface area is 105 Å². The van der Waals surface area contributed by atoms with E-state index in [9.17, 15) is 0 Å². The zero-order chi connectivity index (χ0) is 11.6. The number of hydrogen-bond acceptors (Lipinski definition) is 2. The number of hydrogen-bond donors (Lipinski definition) is 0. The fourth-order valence-electron chi connectivity index (χ4n) is 1.71. The Morgan fingerprint density at radius 1 is 1.31 bits per heavy atom. The molecule has 1 heterocycles. The van der Waals surface area contributed by atoms with Crippen LogP contribution in [0.2, 0.25) is 0 Å². The molecular weight excluding hydrogens is 268 g/mol. The Kier molecular flexibility index (Phi) is 3.67. The smallest absolute Gasteiger partial charge is 0.183 e. The van der Waals surface area contributed by atoms with Crippen LogP contribution in [0.5, 0.6) is 0 Å². The van der Waals surface area contributed by atoms with E-state index in [2.05, 4.69) is 48.0 Å². The van der Waals surface area contributed by atoms with E-state index in [1.165, 1.54) is 5.56 Å². The fraction of sp³-hybridized carbons (Fsp3) is 0.538. The molecule has 0 radical (unpaired) electrons. The van der Waals surface area contributed by atoms with Crippen LogP contribution in [0, 0.1) is 5.41 Å². The van der Waals surface area contributed by atoms with Gasteiger partial charge in [0, 0.05) is 16.3 Å². The van der Waals surface area contributed by atoms with E-state index in [1.807, 2.05) is 6.07 Å². The molecule has 2 nitrogen and oxygen atoms in total. The third-order valence-electron chi connectivity index (χ3n) is 2.63. The van der Waals surface area contributed by atoms with Crippen LogP contribution >= 0.6 is 15.9 Å². The molecular formula is C13H17BrO2. The standard InChI is InChI=1S/C13H17BrO2/c1-13(2)8-15-12(16-9-13)11-5-3-4-10(6-11)7-14/h3-6,12H,7-9H2,1-2H3. The van der Waals surface area contributed by atoms with Crippen LogP contribution in [-0.2, 0) is 14.8 Å². The molecule has 0 N–H and O–H groups in total. The summed E-state index contributed by atoms with van der Waals surface area (Å²) in [7, 11) is 0. The van der Waals surface area contributed by atoms with Crippen molar-refractivity contribution in [1.82, 2.24) is 0 Å². The lowest BCUT2D eigenvalue weighted by molar-refractivity contribution is -0.226. The van der Waals surface area contributed by atoms with Gasteiger partial charge in [-0.25, -0.2) is 0 Å². The second-order valence-electron chi connectivity index (χ2n) is 5.00. The molecule has 3 heteroatoms. The van der Waals surface area contributed by atoms with Crippen LogP contribution in [-0.4, -0.2) is 13.2 Å². The van der Waals surface area contributed by atoms with Crippen molar-refractivity contribution in [3.05, 3.63) is 35.4 Å². The summed E-state index contributed by atoms with van der Waals surface area (Å²) in [5, 5.41) is 0.860. The van der Waals surface area contributed by atoms with Gasteiger partial charge in [0.1, 0.15) is 0 Å². The molecule has 0 spiro atoms. The predicted molar refractivity (Wildman–Crippen MR) is 67.5 cm³/mol. The summed E-state index contributed by atoms with van der Waals surface area (Å²) in [4.78, 5) is 0. The van der Waals surface area contributed by atoms with Crippen LogP contribution in [0.25, 0.3) is 0 Å². The van der Waals surface area contributed by atoms with Gasteiger partial charge in [-0.3, -0.25) is 0 Å². The third kappa shape index (κ3) is 2.84. The Hall–Kier alpha value is -0.380.